The zero-order chi connectivity index (χ0) is 9.90. The molecule has 74 valence electrons. The first-order chi connectivity index (χ1) is 5.97. The van der Waals surface area contributed by atoms with Crippen LogP contribution < -0.4 is 0 Å². The van der Waals surface area contributed by atoms with Gasteiger partial charge in [-0.1, -0.05) is 6.08 Å². The summed E-state index contributed by atoms with van der Waals surface area (Å²) in [5.74, 6) is 0.604. The molecular weight excluding hydrogens is 164 g/mol. The van der Waals surface area contributed by atoms with Gasteiger partial charge in [-0.25, -0.2) is 4.79 Å². The minimum Gasteiger partial charge on any atom is -0.457 e. The molecule has 0 atom stereocenters. The van der Waals surface area contributed by atoms with Gasteiger partial charge in [-0.2, -0.15) is 0 Å². The molecule has 2 heteroatoms. The minimum atomic E-state index is -0.374. The standard InChI is InChI=1S/C11H18O2/c1-11(2,3)13-10(12)6-4-5-9-7-8-9/h4,6,9H,5,7-8H2,1-3H3. The third-order valence-corrected chi connectivity index (χ3v) is 1.83. The maximum absolute atomic E-state index is 11.2. The van der Waals surface area contributed by atoms with Crippen LogP contribution in [-0.4, -0.2) is 11.6 Å². The summed E-state index contributed by atoms with van der Waals surface area (Å²) >= 11 is 0. The fourth-order valence-corrected chi connectivity index (χ4v) is 1.05. The summed E-state index contributed by atoms with van der Waals surface area (Å²) in [6, 6.07) is 0. The highest BCUT2D eigenvalue weighted by atomic mass is 16.6. The zero-order valence-electron chi connectivity index (χ0n) is 8.67. The Balaban J connectivity index is 2.19. The summed E-state index contributed by atoms with van der Waals surface area (Å²) in [6.07, 6.45) is 7.13. The Hall–Kier alpha value is -0.790. The molecule has 0 amide bonds. The van der Waals surface area contributed by atoms with Crippen molar-refractivity contribution in [1.82, 2.24) is 0 Å². The molecule has 0 aromatic carbocycles. The molecule has 0 unspecified atom stereocenters. The van der Waals surface area contributed by atoms with E-state index in [9.17, 15) is 4.79 Å². The highest BCUT2D eigenvalue weighted by Gasteiger charge is 2.19. The summed E-state index contributed by atoms with van der Waals surface area (Å²) in [5, 5.41) is 0. The summed E-state index contributed by atoms with van der Waals surface area (Å²) in [7, 11) is 0. The topological polar surface area (TPSA) is 26.3 Å². The van der Waals surface area contributed by atoms with E-state index in [1.807, 2.05) is 26.8 Å². The van der Waals surface area contributed by atoms with Crippen LogP contribution in [0.1, 0.15) is 40.0 Å². The zero-order valence-corrected chi connectivity index (χ0v) is 8.67. The molecule has 1 fully saturated rings. The van der Waals surface area contributed by atoms with Crippen LogP contribution in [0.3, 0.4) is 0 Å². The van der Waals surface area contributed by atoms with Gasteiger partial charge in [0.2, 0.25) is 0 Å². The van der Waals surface area contributed by atoms with Crippen molar-refractivity contribution in [3.63, 3.8) is 0 Å². The predicted molar refractivity (Wildman–Crippen MR) is 52.3 cm³/mol. The summed E-state index contributed by atoms with van der Waals surface area (Å²) in [6.45, 7) is 5.62. The Morgan fingerprint density at radius 2 is 2.08 bits per heavy atom. The number of hydrogen-bond acceptors (Lipinski definition) is 2. The summed E-state index contributed by atoms with van der Waals surface area (Å²) in [4.78, 5) is 11.2. The van der Waals surface area contributed by atoms with Crippen LogP contribution >= 0.6 is 0 Å². The van der Waals surface area contributed by atoms with Crippen molar-refractivity contribution in [2.45, 2.75) is 45.6 Å². The van der Waals surface area contributed by atoms with Gasteiger partial charge in [0.05, 0.1) is 0 Å². The van der Waals surface area contributed by atoms with Crippen molar-refractivity contribution in [2.24, 2.45) is 5.92 Å². The Bertz CT molecular complexity index is 207. The molecule has 1 saturated carbocycles. The Morgan fingerprint density at radius 1 is 1.46 bits per heavy atom. The maximum atomic E-state index is 11.2. The molecule has 1 aliphatic carbocycles. The van der Waals surface area contributed by atoms with Gasteiger partial charge in [0.25, 0.3) is 0 Å². The second kappa shape index (κ2) is 3.95. The quantitative estimate of drug-likeness (QED) is 0.495. The van der Waals surface area contributed by atoms with E-state index in [0.717, 1.165) is 12.3 Å². The molecule has 2 nitrogen and oxygen atoms in total. The van der Waals surface area contributed by atoms with E-state index in [0.29, 0.717) is 0 Å². The van der Waals surface area contributed by atoms with E-state index in [2.05, 4.69) is 0 Å². The van der Waals surface area contributed by atoms with Crippen molar-refractivity contribution in [3.05, 3.63) is 12.2 Å². The van der Waals surface area contributed by atoms with Crippen LogP contribution in [-0.2, 0) is 9.53 Å². The number of ether oxygens (including phenoxy) is 1. The van der Waals surface area contributed by atoms with Gasteiger partial charge in [-0.05, 0) is 46.0 Å². The van der Waals surface area contributed by atoms with Crippen LogP contribution in [0.2, 0.25) is 0 Å². The maximum Gasteiger partial charge on any atom is 0.330 e. The van der Waals surface area contributed by atoms with E-state index in [1.54, 1.807) is 6.08 Å². The lowest BCUT2D eigenvalue weighted by Gasteiger charge is -2.17. The van der Waals surface area contributed by atoms with E-state index >= 15 is 0 Å². The van der Waals surface area contributed by atoms with E-state index in [1.165, 1.54) is 12.8 Å². The summed E-state index contributed by atoms with van der Waals surface area (Å²) in [5.41, 5.74) is -0.374. The Morgan fingerprint density at radius 3 is 2.54 bits per heavy atom. The highest BCUT2D eigenvalue weighted by Crippen LogP contribution is 2.32. The molecule has 0 N–H and O–H groups in total. The van der Waals surface area contributed by atoms with Crippen LogP contribution in [0, 0.1) is 5.92 Å². The van der Waals surface area contributed by atoms with E-state index < -0.39 is 0 Å². The first-order valence-corrected chi connectivity index (χ1v) is 4.87. The lowest BCUT2D eigenvalue weighted by molar-refractivity contribution is -0.148. The fraction of sp³-hybridized carbons (Fsp3) is 0.727. The molecule has 0 saturated heterocycles. The lowest BCUT2D eigenvalue weighted by atomic mass is 10.2. The van der Waals surface area contributed by atoms with Crippen molar-refractivity contribution in [1.29, 1.82) is 0 Å². The van der Waals surface area contributed by atoms with Crippen molar-refractivity contribution >= 4 is 5.97 Å². The molecular formula is C11H18O2. The number of rotatable bonds is 3. The SMILES string of the molecule is CC(C)(C)OC(=O)C=CCC1CC1. The first kappa shape index (κ1) is 10.3. The number of carbonyl (C=O) groups excluding carboxylic acids is 1. The molecule has 0 bridgehead atoms. The molecule has 0 aliphatic heterocycles. The van der Waals surface area contributed by atoms with Crippen LogP contribution in [0.4, 0.5) is 0 Å². The second-order valence-corrected chi connectivity index (χ2v) is 4.61. The van der Waals surface area contributed by atoms with E-state index in [-0.39, 0.29) is 11.6 Å². The van der Waals surface area contributed by atoms with Gasteiger partial charge in [0.15, 0.2) is 0 Å². The van der Waals surface area contributed by atoms with Crippen LogP contribution in [0.5, 0.6) is 0 Å². The molecule has 13 heavy (non-hydrogen) atoms. The Kier molecular flexibility index (Phi) is 3.12. The first-order valence-electron chi connectivity index (χ1n) is 4.87. The number of carbonyl (C=O) groups is 1. The fourth-order valence-electron chi connectivity index (χ4n) is 1.05. The average Bonchev–Trinajstić information content (AvgIpc) is 2.66. The smallest absolute Gasteiger partial charge is 0.330 e. The largest absolute Gasteiger partial charge is 0.457 e. The molecule has 0 heterocycles. The highest BCUT2D eigenvalue weighted by molar-refractivity contribution is 5.82. The van der Waals surface area contributed by atoms with Gasteiger partial charge in [-0.3, -0.25) is 0 Å². The van der Waals surface area contributed by atoms with Gasteiger partial charge >= 0.3 is 5.97 Å². The number of esters is 1. The summed E-state index contributed by atoms with van der Waals surface area (Å²) < 4.78 is 5.11. The normalized spacial score (nSPS) is 17.8. The third kappa shape index (κ3) is 5.45. The van der Waals surface area contributed by atoms with Crippen molar-refractivity contribution < 1.29 is 9.53 Å². The minimum absolute atomic E-state index is 0.229. The molecule has 0 aromatic rings. The number of allylic oxidation sites excluding steroid dienone is 1. The Labute approximate surface area is 80.0 Å². The van der Waals surface area contributed by atoms with Crippen LogP contribution in [0.15, 0.2) is 12.2 Å². The van der Waals surface area contributed by atoms with Crippen molar-refractivity contribution in [2.75, 3.05) is 0 Å². The average molecular weight is 182 g/mol. The molecule has 1 rings (SSSR count). The lowest BCUT2D eigenvalue weighted by Crippen LogP contribution is -2.22. The molecule has 0 radical (unpaired) electrons. The van der Waals surface area contributed by atoms with Crippen LogP contribution in [0.25, 0.3) is 0 Å². The van der Waals surface area contributed by atoms with Crippen molar-refractivity contribution in [3.8, 4) is 0 Å². The van der Waals surface area contributed by atoms with Gasteiger partial charge in [0, 0.05) is 6.08 Å². The molecule has 0 aromatic heterocycles. The van der Waals surface area contributed by atoms with E-state index in [4.69, 9.17) is 4.74 Å². The van der Waals surface area contributed by atoms with Gasteiger partial charge < -0.3 is 4.74 Å². The monoisotopic (exact) mass is 182 g/mol. The van der Waals surface area contributed by atoms with Gasteiger partial charge in [-0.15, -0.1) is 0 Å². The third-order valence-electron chi connectivity index (χ3n) is 1.83. The van der Waals surface area contributed by atoms with Gasteiger partial charge in [0.1, 0.15) is 5.60 Å². The molecule has 0 spiro atoms. The predicted octanol–water partition coefficient (Wildman–Crippen LogP) is 2.68. The second-order valence-electron chi connectivity index (χ2n) is 4.61. The number of hydrogen-bond donors (Lipinski definition) is 0. The molecule has 1 aliphatic rings.